The fourth-order valence-electron chi connectivity index (χ4n) is 4.49. The molecule has 26 heavy (non-hydrogen) atoms. The number of nitrogens with one attached hydrogen (secondary N) is 1. The molecule has 4 rings (SSSR count). The van der Waals surface area contributed by atoms with Crippen LogP contribution in [0, 0.1) is 12.7 Å². The van der Waals surface area contributed by atoms with Gasteiger partial charge in [0.1, 0.15) is 11.9 Å². The second-order valence-corrected chi connectivity index (χ2v) is 7.46. The molecule has 0 radical (unpaired) electrons. The lowest BCUT2D eigenvalue weighted by Gasteiger charge is -2.47. The van der Waals surface area contributed by atoms with E-state index in [-0.39, 0.29) is 30.2 Å². The van der Waals surface area contributed by atoms with E-state index in [1.807, 2.05) is 13.0 Å². The number of halogens is 1. The van der Waals surface area contributed by atoms with Crippen molar-refractivity contribution in [2.75, 3.05) is 44.2 Å². The zero-order valence-corrected chi connectivity index (χ0v) is 15.1. The quantitative estimate of drug-likeness (QED) is 0.846. The molecule has 3 aliphatic heterocycles. The van der Waals surface area contributed by atoms with Crippen molar-refractivity contribution < 1.29 is 14.0 Å². The highest BCUT2D eigenvalue weighted by atomic mass is 19.1. The molecule has 3 saturated heterocycles. The number of hydrogen-bond donors (Lipinski definition) is 1. The van der Waals surface area contributed by atoms with Crippen molar-refractivity contribution in [3.05, 3.63) is 29.6 Å². The van der Waals surface area contributed by atoms with Crippen molar-refractivity contribution in [3.8, 4) is 0 Å². The molecule has 0 unspecified atom stereocenters. The number of piperazine rings is 2. The van der Waals surface area contributed by atoms with Gasteiger partial charge in [0.2, 0.25) is 11.8 Å². The standard InChI is InChI=1S/C19H25FN4O2/c1-13-10-14(20)2-3-16(13)22-6-4-15(5-7-22)23-8-9-24-17(12-23)19(26)21-11-18(24)25/h2-3,10,15,17H,4-9,11-12H2,1H3,(H,21,26)/t17-/m1/s1. The van der Waals surface area contributed by atoms with Gasteiger partial charge in [-0.1, -0.05) is 0 Å². The molecule has 3 fully saturated rings. The molecule has 1 aromatic carbocycles. The van der Waals surface area contributed by atoms with Crippen LogP contribution >= 0.6 is 0 Å². The van der Waals surface area contributed by atoms with Crippen LogP contribution in [0.1, 0.15) is 18.4 Å². The lowest BCUT2D eigenvalue weighted by atomic mass is 9.98. The molecule has 0 aliphatic carbocycles. The molecular weight excluding hydrogens is 335 g/mol. The van der Waals surface area contributed by atoms with Crippen LogP contribution < -0.4 is 10.2 Å². The van der Waals surface area contributed by atoms with Crippen LogP contribution in [0.25, 0.3) is 0 Å². The highest BCUT2D eigenvalue weighted by Gasteiger charge is 2.40. The largest absolute Gasteiger partial charge is 0.371 e. The number of amides is 2. The predicted molar refractivity (Wildman–Crippen MR) is 96.5 cm³/mol. The summed E-state index contributed by atoms with van der Waals surface area (Å²) >= 11 is 0. The van der Waals surface area contributed by atoms with Gasteiger partial charge in [0, 0.05) is 44.5 Å². The summed E-state index contributed by atoms with van der Waals surface area (Å²) in [4.78, 5) is 30.5. The highest BCUT2D eigenvalue weighted by Crippen LogP contribution is 2.27. The topological polar surface area (TPSA) is 55.9 Å². The van der Waals surface area contributed by atoms with Gasteiger partial charge in [0.05, 0.1) is 6.54 Å². The predicted octanol–water partition coefficient (Wildman–Crippen LogP) is 0.746. The summed E-state index contributed by atoms with van der Waals surface area (Å²) in [5.41, 5.74) is 2.07. The average molecular weight is 360 g/mol. The summed E-state index contributed by atoms with van der Waals surface area (Å²) in [6.07, 6.45) is 2.03. The third-order valence-electron chi connectivity index (χ3n) is 5.93. The number of rotatable bonds is 2. The minimum absolute atomic E-state index is 0.0239. The SMILES string of the molecule is Cc1cc(F)ccc1N1CCC(N2CCN3C(=O)CNC(=O)[C@H]3C2)CC1. The number of anilines is 1. The lowest BCUT2D eigenvalue weighted by Crippen LogP contribution is -2.67. The summed E-state index contributed by atoms with van der Waals surface area (Å²) in [6, 6.07) is 5.05. The third-order valence-corrected chi connectivity index (χ3v) is 5.93. The Kier molecular flexibility index (Phi) is 4.56. The maximum absolute atomic E-state index is 13.3. The van der Waals surface area contributed by atoms with Crippen molar-refractivity contribution in [1.82, 2.24) is 15.1 Å². The van der Waals surface area contributed by atoms with Gasteiger partial charge in [0.25, 0.3) is 0 Å². The highest BCUT2D eigenvalue weighted by molar-refractivity contribution is 5.95. The van der Waals surface area contributed by atoms with Gasteiger partial charge < -0.3 is 15.1 Å². The summed E-state index contributed by atoms with van der Waals surface area (Å²) in [5, 5.41) is 2.70. The zero-order valence-electron chi connectivity index (χ0n) is 15.1. The molecule has 6 nitrogen and oxygen atoms in total. The van der Waals surface area contributed by atoms with E-state index in [2.05, 4.69) is 15.1 Å². The van der Waals surface area contributed by atoms with Gasteiger partial charge in [-0.2, -0.15) is 0 Å². The van der Waals surface area contributed by atoms with E-state index < -0.39 is 0 Å². The Morgan fingerprint density at radius 2 is 1.88 bits per heavy atom. The fourth-order valence-corrected chi connectivity index (χ4v) is 4.49. The minimum Gasteiger partial charge on any atom is -0.371 e. The van der Waals surface area contributed by atoms with E-state index in [4.69, 9.17) is 0 Å². The van der Waals surface area contributed by atoms with E-state index in [9.17, 15) is 14.0 Å². The van der Waals surface area contributed by atoms with Crippen molar-refractivity contribution in [3.63, 3.8) is 0 Å². The number of fused-ring (bicyclic) bond motifs is 1. The molecule has 0 saturated carbocycles. The maximum atomic E-state index is 13.3. The minimum atomic E-state index is -0.345. The van der Waals surface area contributed by atoms with Gasteiger partial charge in [-0.3, -0.25) is 14.5 Å². The van der Waals surface area contributed by atoms with E-state index in [0.29, 0.717) is 19.1 Å². The molecule has 1 aromatic rings. The molecule has 2 amide bonds. The number of benzene rings is 1. The molecule has 7 heteroatoms. The number of hydrogen-bond acceptors (Lipinski definition) is 4. The fraction of sp³-hybridized carbons (Fsp3) is 0.579. The Morgan fingerprint density at radius 1 is 1.12 bits per heavy atom. The molecule has 1 atom stereocenters. The summed E-state index contributed by atoms with van der Waals surface area (Å²) in [5.74, 6) is -0.205. The lowest BCUT2D eigenvalue weighted by molar-refractivity contribution is -0.149. The number of nitrogens with zero attached hydrogens (tertiary/aromatic N) is 3. The van der Waals surface area contributed by atoms with Gasteiger partial charge in [-0.15, -0.1) is 0 Å². The number of piperidine rings is 1. The van der Waals surface area contributed by atoms with Crippen LogP contribution in [0.3, 0.4) is 0 Å². The Hall–Kier alpha value is -2.15. The van der Waals surface area contributed by atoms with Gasteiger partial charge in [-0.05, 0) is 43.5 Å². The summed E-state index contributed by atoms with van der Waals surface area (Å²) in [7, 11) is 0. The van der Waals surface area contributed by atoms with Crippen LogP contribution in [-0.2, 0) is 9.59 Å². The van der Waals surface area contributed by atoms with Crippen LogP contribution in [0.4, 0.5) is 10.1 Å². The smallest absolute Gasteiger partial charge is 0.244 e. The van der Waals surface area contributed by atoms with Crippen LogP contribution in [0.2, 0.25) is 0 Å². The van der Waals surface area contributed by atoms with Crippen LogP contribution in [0.5, 0.6) is 0 Å². The molecule has 0 spiro atoms. The Labute approximate surface area is 152 Å². The molecule has 1 N–H and O–H groups in total. The van der Waals surface area contributed by atoms with Gasteiger partial charge in [-0.25, -0.2) is 4.39 Å². The van der Waals surface area contributed by atoms with E-state index in [1.54, 1.807) is 11.0 Å². The Bertz CT molecular complexity index is 717. The molecule has 140 valence electrons. The van der Waals surface area contributed by atoms with Gasteiger partial charge >= 0.3 is 0 Å². The molecule has 3 heterocycles. The first-order chi connectivity index (χ1) is 12.5. The first kappa shape index (κ1) is 17.3. The molecular formula is C19H25FN4O2. The summed E-state index contributed by atoms with van der Waals surface area (Å²) < 4.78 is 13.3. The average Bonchev–Trinajstić information content (AvgIpc) is 2.65. The van der Waals surface area contributed by atoms with Crippen molar-refractivity contribution >= 4 is 17.5 Å². The van der Waals surface area contributed by atoms with Crippen LogP contribution in [-0.4, -0.2) is 73.0 Å². The van der Waals surface area contributed by atoms with E-state index in [1.165, 1.54) is 6.07 Å². The summed E-state index contributed by atoms with van der Waals surface area (Å²) in [6.45, 7) is 6.01. The number of aryl methyl sites for hydroxylation is 1. The van der Waals surface area contributed by atoms with E-state index in [0.717, 1.165) is 43.7 Å². The molecule has 0 bridgehead atoms. The van der Waals surface area contributed by atoms with Gasteiger partial charge in [0.15, 0.2) is 0 Å². The van der Waals surface area contributed by atoms with E-state index >= 15 is 0 Å². The van der Waals surface area contributed by atoms with Crippen molar-refractivity contribution in [1.29, 1.82) is 0 Å². The monoisotopic (exact) mass is 360 g/mol. The first-order valence-electron chi connectivity index (χ1n) is 9.35. The third kappa shape index (κ3) is 3.16. The maximum Gasteiger partial charge on any atom is 0.244 e. The van der Waals surface area contributed by atoms with Crippen molar-refractivity contribution in [2.24, 2.45) is 0 Å². The van der Waals surface area contributed by atoms with Crippen LogP contribution in [0.15, 0.2) is 18.2 Å². The molecule has 3 aliphatic rings. The first-order valence-corrected chi connectivity index (χ1v) is 9.35. The molecule has 0 aromatic heterocycles. The normalized spacial score (nSPS) is 25.2. The Balaban J connectivity index is 1.38. The number of carbonyl (C=O) groups is 2. The number of carbonyl (C=O) groups excluding carboxylic acids is 2. The Morgan fingerprint density at radius 3 is 2.62 bits per heavy atom. The second-order valence-electron chi connectivity index (χ2n) is 7.46. The van der Waals surface area contributed by atoms with Crippen molar-refractivity contribution in [2.45, 2.75) is 31.8 Å². The zero-order chi connectivity index (χ0) is 18.3. The second kappa shape index (κ2) is 6.87.